The Morgan fingerprint density at radius 3 is 2.78 bits per heavy atom. The largest absolute Gasteiger partial charge is 0.302 e. The van der Waals surface area contributed by atoms with Gasteiger partial charge in [-0.2, -0.15) is 4.31 Å². The number of rotatable bonds is 4. The van der Waals surface area contributed by atoms with Crippen LogP contribution in [0.2, 0.25) is 0 Å². The van der Waals surface area contributed by atoms with Gasteiger partial charge < -0.3 is 4.90 Å². The van der Waals surface area contributed by atoms with Gasteiger partial charge in [-0.15, -0.1) is 11.3 Å². The van der Waals surface area contributed by atoms with E-state index in [0.717, 1.165) is 41.9 Å². The van der Waals surface area contributed by atoms with Crippen LogP contribution in [0, 0.1) is 11.3 Å². The molecule has 3 aliphatic rings. The Labute approximate surface area is 165 Å². The molecule has 1 aromatic heterocycles. The van der Waals surface area contributed by atoms with Crippen molar-refractivity contribution in [1.82, 2.24) is 14.2 Å². The van der Waals surface area contributed by atoms with Crippen molar-refractivity contribution in [3.63, 3.8) is 0 Å². The van der Waals surface area contributed by atoms with Gasteiger partial charge in [0.1, 0.15) is 0 Å². The van der Waals surface area contributed by atoms with Crippen LogP contribution >= 0.6 is 11.3 Å². The molecule has 0 radical (unpaired) electrons. The van der Waals surface area contributed by atoms with Crippen molar-refractivity contribution in [2.45, 2.75) is 43.4 Å². The van der Waals surface area contributed by atoms with E-state index in [0.29, 0.717) is 18.0 Å². The number of nitrogens with zero attached hydrogens (tertiary/aromatic N) is 3. The van der Waals surface area contributed by atoms with Crippen LogP contribution in [0.1, 0.15) is 38.5 Å². The highest BCUT2D eigenvalue weighted by Crippen LogP contribution is 2.41. The zero-order valence-electron chi connectivity index (χ0n) is 15.6. The molecule has 5 nitrogen and oxygen atoms in total. The van der Waals surface area contributed by atoms with E-state index >= 15 is 0 Å². The molecule has 1 saturated carbocycles. The van der Waals surface area contributed by atoms with Gasteiger partial charge in [-0.3, -0.25) is 0 Å². The first-order chi connectivity index (χ1) is 13.0. The first-order valence-electron chi connectivity index (χ1n) is 10.1. The predicted octanol–water partition coefficient (Wildman–Crippen LogP) is 3.57. The normalized spacial score (nSPS) is 28.1. The Bertz CT molecular complexity index is 934. The Balaban J connectivity index is 1.37. The molecule has 0 amide bonds. The van der Waals surface area contributed by atoms with E-state index in [9.17, 15) is 8.42 Å². The molecule has 5 rings (SSSR count). The van der Waals surface area contributed by atoms with Gasteiger partial charge in [0.05, 0.1) is 20.6 Å². The molecule has 2 aliphatic heterocycles. The van der Waals surface area contributed by atoms with E-state index in [4.69, 9.17) is 0 Å². The summed E-state index contributed by atoms with van der Waals surface area (Å²) >= 11 is 1.50. The molecule has 1 spiro atoms. The second-order valence-corrected chi connectivity index (χ2v) is 11.5. The number of aromatic nitrogens is 1. The zero-order valence-corrected chi connectivity index (χ0v) is 17.3. The van der Waals surface area contributed by atoms with Gasteiger partial charge in [-0.1, -0.05) is 0 Å². The summed E-state index contributed by atoms with van der Waals surface area (Å²) in [6.07, 6.45) is 7.25. The number of hydrogen-bond acceptors (Lipinski definition) is 5. The monoisotopic (exact) mass is 405 g/mol. The highest BCUT2D eigenvalue weighted by atomic mass is 32.2. The minimum absolute atomic E-state index is 0.146. The van der Waals surface area contributed by atoms with Gasteiger partial charge in [-0.25, -0.2) is 13.4 Å². The molecule has 0 bridgehead atoms. The fraction of sp³-hybridized carbons (Fsp3) is 0.650. The summed E-state index contributed by atoms with van der Waals surface area (Å²) in [7, 11) is -3.44. The van der Waals surface area contributed by atoms with Gasteiger partial charge in [0.25, 0.3) is 0 Å². The quantitative estimate of drug-likeness (QED) is 0.780. The smallest absolute Gasteiger partial charge is 0.243 e. The molecule has 1 atom stereocenters. The average Bonchev–Trinajstić information content (AvgIpc) is 3.34. The Hall–Kier alpha value is -1.02. The highest BCUT2D eigenvalue weighted by molar-refractivity contribution is 7.89. The average molecular weight is 406 g/mol. The van der Waals surface area contributed by atoms with Crippen molar-refractivity contribution < 1.29 is 8.42 Å². The maximum Gasteiger partial charge on any atom is 0.243 e. The van der Waals surface area contributed by atoms with Gasteiger partial charge in [0.2, 0.25) is 10.0 Å². The number of fused-ring (bicyclic) bond motifs is 1. The van der Waals surface area contributed by atoms with Crippen molar-refractivity contribution in [1.29, 1.82) is 0 Å². The van der Waals surface area contributed by atoms with Crippen LogP contribution in [0.15, 0.2) is 28.6 Å². The lowest BCUT2D eigenvalue weighted by molar-refractivity contribution is 0.0379. The van der Waals surface area contributed by atoms with Crippen molar-refractivity contribution >= 4 is 31.6 Å². The van der Waals surface area contributed by atoms with Crippen molar-refractivity contribution in [2.75, 3.05) is 32.7 Å². The number of piperidine rings is 2. The summed E-state index contributed by atoms with van der Waals surface area (Å²) < 4.78 is 29.4. The summed E-state index contributed by atoms with van der Waals surface area (Å²) in [4.78, 5) is 7.29. The van der Waals surface area contributed by atoms with Gasteiger partial charge >= 0.3 is 0 Å². The highest BCUT2D eigenvalue weighted by Gasteiger charge is 2.43. The topological polar surface area (TPSA) is 53.5 Å². The van der Waals surface area contributed by atoms with E-state index in [1.165, 1.54) is 43.7 Å². The maximum absolute atomic E-state index is 13.3. The second-order valence-electron chi connectivity index (χ2n) is 8.71. The molecule has 0 N–H and O–H groups in total. The molecule has 3 heterocycles. The number of hydrogen-bond donors (Lipinski definition) is 0. The third-order valence-electron chi connectivity index (χ3n) is 6.52. The Morgan fingerprint density at radius 2 is 1.96 bits per heavy atom. The molecule has 2 saturated heterocycles. The number of likely N-dealkylation sites (tertiary alicyclic amines) is 1. The van der Waals surface area contributed by atoms with Crippen molar-refractivity contribution in [3.05, 3.63) is 23.7 Å². The molecule has 2 aromatic rings. The van der Waals surface area contributed by atoms with Gasteiger partial charge in [0.15, 0.2) is 0 Å². The lowest BCUT2D eigenvalue weighted by atomic mass is 9.74. The minimum Gasteiger partial charge on any atom is -0.302 e. The molecule has 7 heteroatoms. The third kappa shape index (κ3) is 3.55. The Morgan fingerprint density at radius 1 is 1.15 bits per heavy atom. The fourth-order valence-electron chi connectivity index (χ4n) is 4.98. The van der Waals surface area contributed by atoms with Crippen LogP contribution < -0.4 is 0 Å². The standard InChI is InChI=1S/C20H27N3O2S2/c24-27(25,17-5-6-18-19(11-17)26-15-21-18)23-10-2-8-20(14-23)7-1-9-22(13-20)12-16-3-4-16/h5-6,11,15-16H,1-4,7-10,12-14H2. The molecule has 27 heavy (non-hydrogen) atoms. The second kappa shape index (κ2) is 6.79. The van der Waals surface area contributed by atoms with Crippen LogP contribution in [-0.2, 0) is 10.0 Å². The minimum atomic E-state index is -3.44. The van der Waals surface area contributed by atoms with E-state index in [1.807, 2.05) is 6.07 Å². The summed E-state index contributed by atoms with van der Waals surface area (Å²) in [5, 5.41) is 0. The van der Waals surface area contributed by atoms with E-state index in [2.05, 4.69) is 9.88 Å². The van der Waals surface area contributed by atoms with Gasteiger partial charge in [-0.05, 0) is 74.6 Å². The lowest BCUT2D eigenvalue weighted by Crippen LogP contribution is -2.53. The molecular weight excluding hydrogens is 378 g/mol. The van der Waals surface area contributed by atoms with E-state index < -0.39 is 10.0 Å². The van der Waals surface area contributed by atoms with Crippen LogP contribution in [0.3, 0.4) is 0 Å². The molecule has 3 fully saturated rings. The molecule has 1 aliphatic carbocycles. The van der Waals surface area contributed by atoms with E-state index in [-0.39, 0.29) is 5.41 Å². The Kier molecular flexibility index (Phi) is 4.54. The fourth-order valence-corrected chi connectivity index (χ4v) is 7.39. The molecule has 146 valence electrons. The third-order valence-corrected chi connectivity index (χ3v) is 9.15. The molecule has 1 aromatic carbocycles. The van der Waals surface area contributed by atoms with Crippen LogP contribution in [-0.4, -0.2) is 55.3 Å². The summed E-state index contributed by atoms with van der Waals surface area (Å²) in [6.45, 7) is 4.80. The predicted molar refractivity (Wildman–Crippen MR) is 108 cm³/mol. The van der Waals surface area contributed by atoms with Crippen LogP contribution in [0.4, 0.5) is 0 Å². The SMILES string of the molecule is O=S(=O)(c1ccc2ncsc2c1)N1CCCC2(CCCN(CC3CC3)C2)C1. The zero-order chi connectivity index (χ0) is 18.5. The number of benzene rings is 1. The maximum atomic E-state index is 13.3. The van der Waals surface area contributed by atoms with Crippen molar-refractivity contribution in [2.24, 2.45) is 11.3 Å². The first kappa shape index (κ1) is 18.0. The van der Waals surface area contributed by atoms with Gasteiger partial charge in [0, 0.05) is 26.2 Å². The van der Waals surface area contributed by atoms with Crippen molar-refractivity contribution in [3.8, 4) is 0 Å². The molecule has 1 unspecified atom stereocenters. The first-order valence-corrected chi connectivity index (χ1v) is 12.4. The van der Waals surface area contributed by atoms with E-state index in [1.54, 1.807) is 21.9 Å². The van der Waals surface area contributed by atoms with Crippen LogP contribution in [0.5, 0.6) is 0 Å². The number of sulfonamides is 1. The summed E-state index contributed by atoms with van der Waals surface area (Å²) in [6, 6.07) is 5.35. The number of thiazole rings is 1. The van der Waals surface area contributed by atoms with Crippen LogP contribution in [0.25, 0.3) is 10.2 Å². The molecular formula is C20H27N3O2S2. The summed E-state index contributed by atoms with van der Waals surface area (Å²) in [5.74, 6) is 0.898. The lowest BCUT2D eigenvalue weighted by Gasteiger charge is -2.48. The summed E-state index contributed by atoms with van der Waals surface area (Å²) in [5.41, 5.74) is 2.79.